The van der Waals surface area contributed by atoms with E-state index in [1.54, 1.807) is 17.1 Å². The van der Waals surface area contributed by atoms with E-state index in [1.807, 2.05) is 85.7 Å². The molecule has 0 radical (unpaired) electrons. The van der Waals surface area contributed by atoms with E-state index in [0.29, 0.717) is 51.5 Å². The van der Waals surface area contributed by atoms with Gasteiger partial charge in [0.2, 0.25) is 17.7 Å². The highest BCUT2D eigenvalue weighted by atomic mass is 16.6. The number of piperidine rings is 1. The van der Waals surface area contributed by atoms with Crippen molar-refractivity contribution in [3.8, 4) is 0 Å². The highest BCUT2D eigenvalue weighted by molar-refractivity contribution is 5.93. The maximum Gasteiger partial charge on any atom is 0.407 e. The van der Waals surface area contributed by atoms with Crippen LogP contribution in [0, 0.1) is 11.8 Å². The number of carboxylic acid groups (broad SMARTS) is 1. The molecule has 1 aromatic carbocycles. The minimum atomic E-state index is -1.15. The van der Waals surface area contributed by atoms with Gasteiger partial charge in [-0.3, -0.25) is 14.4 Å². The Morgan fingerprint density at radius 3 is 2.19 bits per heavy atom. The lowest BCUT2D eigenvalue weighted by Gasteiger charge is -2.50. The SMILES string of the molecule is CC(C)C[C@@H](/C=C/[C@H](Cc1ccccc1)C(=O)N1CCC[C@H]1C(=O)N[C@@H](CCCNC(=O)OC1CC(C)(C)N(O)C(C)(C)C1)C(=O)NC(C)C)NC(=O)O. The van der Waals surface area contributed by atoms with Crippen molar-refractivity contribution >= 4 is 29.9 Å². The van der Waals surface area contributed by atoms with E-state index in [0.717, 1.165) is 5.56 Å². The molecule has 54 heavy (non-hydrogen) atoms. The van der Waals surface area contributed by atoms with Crippen LogP contribution in [0.15, 0.2) is 42.5 Å². The Kier molecular flexibility index (Phi) is 16.3. The second kappa shape index (κ2) is 19.9. The summed E-state index contributed by atoms with van der Waals surface area (Å²) < 4.78 is 5.70. The van der Waals surface area contributed by atoms with E-state index in [1.165, 1.54) is 5.06 Å². The van der Waals surface area contributed by atoms with Gasteiger partial charge in [0, 0.05) is 43.1 Å². The second-order valence-corrected chi connectivity index (χ2v) is 16.7. The molecule has 14 heteroatoms. The molecule has 0 unspecified atom stereocenters. The van der Waals surface area contributed by atoms with Gasteiger partial charge in [-0.25, -0.2) is 9.59 Å². The summed E-state index contributed by atoms with van der Waals surface area (Å²) in [5, 5.41) is 32.3. The number of amides is 5. The van der Waals surface area contributed by atoms with Gasteiger partial charge in [-0.15, -0.1) is 0 Å². The van der Waals surface area contributed by atoms with Gasteiger partial charge < -0.3 is 41.2 Å². The van der Waals surface area contributed by atoms with Crippen LogP contribution in [0.2, 0.25) is 0 Å². The zero-order valence-electron chi connectivity index (χ0n) is 33.4. The Bertz CT molecular complexity index is 1430. The lowest BCUT2D eigenvalue weighted by molar-refractivity contribution is -0.256. The molecule has 3 rings (SSSR count). The Hall–Kier alpha value is -4.17. The van der Waals surface area contributed by atoms with Crippen LogP contribution in [0.25, 0.3) is 0 Å². The monoisotopic (exact) mass is 756 g/mol. The number of nitrogens with zero attached hydrogens (tertiary/aromatic N) is 2. The molecule has 2 aliphatic heterocycles. The lowest BCUT2D eigenvalue weighted by atomic mass is 9.80. The molecular formula is C40H64N6O8. The van der Waals surface area contributed by atoms with Crippen LogP contribution in [0.1, 0.15) is 106 Å². The van der Waals surface area contributed by atoms with Crippen molar-refractivity contribution in [1.82, 2.24) is 31.2 Å². The van der Waals surface area contributed by atoms with Crippen molar-refractivity contribution in [2.75, 3.05) is 13.1 Å². The van der Waals surface area contributed by atoms with Crippen molar-refractivity contribution in [3.05, 3.63) is 48.0 Å². The first-order chi connectivity index (χ1) is 25.3. The number of likely N-dealkylation sites (tertiary alicyclic amines) is 1. The second-order valence-electron chi connectivity index (χ2n) is 16.7. The Morgan fingerprint density at radius 1 is 0.944 bits per heavy atom. The van der Waals surface area contributed by atoms with Crippen LogP contribution in [0.3, 0.4) is 0 Å². The van der Waals surface area contributed by atoms with Crippen LogP contribution >= 0.6 is 0 Å². The largest absolute Gasteiger partial charge is 0.465 e. The molecule has 4 atom stereocenters. The highest BCUT2D eigenvalue weighted by Gasteiger charge is 2.46. The van der Waals surface area contributed by atoms with Gasteiger partial charge >= 0.3 is 12.2 Å². The molecule has 2 heterocycles. The first kappa shape index (κ1) is 44.2. The molecule has 0 bridgehead atoms. The van der Waals surface area contributed by atoms with Crippen LogP contribution in [-0.4, -0.2) is 105 Å². The normalized spacial score (nSPS) is 20.4. The molecule has 2 aliphatic rings. The van der Waals surface area contributed by atoms with Gasteiger partial charge in [0.05, 0.1) is 12.0 Å². The third-order valence-corrected chi connectivity index (χ3v) is 9.94. The minimum Gasteiger partial charge on any atom is -0.465 e. The lowest BCUT2D eigenvalue weighted by Crippen LogP contribution is -2.60. The average molecular weight is 757 g/mol. The molecular weight excluding hydrogens is 692 g/mol. The molecule has 14 nitrogen and oxygen atoms in total. The Morgan fingerprint density at radius 2 is 1.59 bits per heavy atom. The number of hydrogen-bond acceptors (Lipinski definition) is 8. The summed E-state index contributed by atoms with van der Waals surface area (Å²) in [6.45, 7) is 15.8. The molecule has 6 N–H and O–H groups in total. The van der Waals surface area contributed by atoms with E-state index in [-0.39, 0.29) is 42.8 Å². The van der Waals surface area contributed by atoms with Gasteiger partial charge in [-0.05, 0) is 91.5 Å². The average Bonchev–Trinajstić information content (AvgIpc) is 3.56. The van der Waals surface area contributed by atoms with Crippen LogP contribution in [0.4, 0.5) is 9.59 Å². The number of hydrogen-bond donors (Lipinski definition) is 6. The molecule has 1 aromatic rings. The number of benzene rings is 1. The molecule has 0 aromatic heterocycles. The van der Waals surface area contributed by atoms with Crippen molar-refractivity contribution in [2.24, 2.45) is 11.8 Å². The summed E-state index contributed by atoms with van der Waals surface area (Å²) in [6.07, 6.45) is 4.89. The zero-order valence-corrected chi connectivity index (χ0v) is 33.4. The van der Waals surface area contributed by atoms with Crippen LogP contribution < -0.4 is 21.3 Å². The van der Waals surface area contributed by atoms with Crippen LogP contribution in [0.5, 0.6) is 0 Å². The number of carbonyl (C=O) groups is 5. The predicted molar refractivity (Wildman–Crippen MR) is 206 cm³/mol. The van der Waals surface area contributed by atoms with Gasteiger partial charge in [-0.1, -0.05) is 56.3 Å². The maximum absolute atomic E-state index is 14.2. The number of alkyl carbamates (subject to hydrolysis) is 1. The summed E-state index contributed by atoms with van der Waals surface area (Å²) in [5.74, 6) is -1.46. The van der Waals surface area contributed by atoms with Gasteiger partial charge in [0.15, 0.2) is 0 Å². The van der Waals surface area contributed by atoms with E-state index in [4.69, 9.17) is 4.74 Å². The fraction of sp³-hybridized carbons (Fsp3) is 0.675. The quantitative estimate of drug-likeness (QED) is 0.0939. The van der Waals surface area contributed by atoms with Gasteiger partial charge in [0.1, 0.15) is 18.2 Å². The van der Waals surface area contributed by atoms with Gasteiger partial charge in [0.25, 0.3) is 0 Å². The summed E-state index contributed by atoms with van der Waals surface area (Å²) in [5.41, 5.74) is -0.216. The predicted octanol–water partition coefficient (Wildman–Crippen LogP) is 5.00. The topological polar surface area (TPSA) is 190 Å². The summed E-state index contributed by atoms with van der Waals surface area (Å²) in [6, 6.07) is 7.19. The number of ether oxygens (including phenoxy) is 1. The summed E-state index contributed by atoms with van der Waals surface area (Å²) in [4.78, 5) is 67.1. The fourth-order valence-electron chi connectivity index (χ4n) is 7.62. The van der Waals surface area contributed by atoms with Gasteiger partial charge in [-0.2, -0.15) is 5.06 Å². The summed E-state index contributed by atoms with van der Waals surface area (Å²) in [7, 11) is 0. The first-order valence-electron chi connectivity index (χ1n) is 19.4. The minimum absolute atomic E-state index is 0.172. The van der Waals surface area contributed by atoms with E-state index < -0.39 is 53.2 Å². The van der Waals surface area contributed by atoms with E-state index in [9.17, 15) is 34.3 Å². The molecule has 0 spiro atoms. The van der Waals surface area contributed by atoms with E-state index in [2.05, 4.69) is 21.3 Å². The molecule has 302 valence electrons. The fourth-order valence-corrected chi connectivity index (χ4v) is 7.62. The zero-order chi connectivity index (χ0) is 40.2. The smallest absolute Gasteiger partial charge is 0.407 e. The molecule has 0 saturated carbocycles. The van der Waals surface area contributed by atoms with Crippen molar-refractivity contribution < 1.29 is 39.0 Å². The molecule has 5 amide bonds. The van der Waals surface area contributed by atoms with Crippen LogP contribution in [-0.2, 0) is 25.5 Å². The van der Waals surface area contributed by atoms with E-state index >= 15 is 0 Å². The maximum atomic E-state index is 14.2. The van der Waals surface area contributed by atoms with Crippen molar-refractivity contribution in [3.63, 3.8) is 0 Å². The number of rotatable bonds is 17. The molecule has 0 aliphatic carbocycles. The number of nitrogens with one attached hydrogen (secondary N) is 4. The van der Waals surface area contributed by atoms with Crippen molar-refractivity contribution in [2.45, 2.75) is 148 Å². The third kappa shape index (κ3) is 13.6. The standard InChI is InChI=1S/C40H64N6O8/c1-26(2)22-30(43-37(50)51)19-18-29(23-28-14-10-9-11-15-28)36(49)45-21-13-17-33(45)35(48)44-32(34(47)42-27(3)4)16-12-20-41-38(52)54-31-24-39(5,6)46(53)40(7,8)25-31/h9-11,14-15,18-19,26-27,29-33,43,53H,12-13,16-17,20-25H2,1-8H3,(H,41,52)(H,42,47)(H,44,48)(H,50,51)/b19-18+/t29-,30-,32+,33+/m1/s1. The highest BCUT2D eigenvalue weighted by Crippen LogP contribution is 2.38. The Labute approximate surface area is 320 Å². The Balaban J connectivity index is 1.68. The third-order valence-electron chi connectivity index (χ3n) is 9.94. The van der Waals surface area contributed by atoms with Crippen molar-refractivity contribution in [1.29, 1.82) is 0 Å². The number of carbonyl (C=O) groups excluding carboxylic acids is 4. The molecule has 2 saturated heterocycles. The first-order valence-corrected chi connectivity index (χ1v) is 19.4. The molecule has 2 fully saturated rings. The number of hydroxylamine groups is 2. The summed E-state index contributed by atoms with van der Waals surface area (Å²) >= 11 is 0.